The molecule has 0 saturated heterocycles. The third-order valence-corrected chi connectivity index (χ3v) is 3.69. The molecule has 1 aromatic carbocycles. The van der Waals surface area contributed by atoms with Gasteiger partial charge in [-0.2, -0.15) is 0 Å². The smallest absolute Gasteiger partial charge is 0.120 e. The van der Waals surface area contributed by atoms with Gasteiger partial charge in [-0.05, 0) is 30.0 Å². The van der Waals surface area contributed by atoms with Crippen molar-refractivity contribution in [3.05, 3.63) is 46.7 Å². The van der Waals surface area contributed by atoms with Crippen molar-refractivity contribution in [2.45, 2.75) is 19.4 Å². The molecule has 0 fully saturated rings. The minimum Gasteiger partial charge on any atom is -0.497 e. The van der Waals surface area contributed by atoms with Crippen molar-refractivity contribution in [1.29, 1.82) is 0 Å². The SMILES string of the molecule is CCC(Nc1cccc(OC)c1)c1cccs1. The van der Waals surface area contributed by atoms with Gasteiger partial charge in [0.15, 0.2) is 0 Å². The number of methoxy groups -OCH3 is 1. The van der Waals surface area contributed by atoms with Crippen LogP contribution in [0.2, 0.25) is 0 Å². The summed E-state index contributed by atoms with van der Waals surface area (Å²) in [6.07, 6.45) is 1.07. The maximum Gasteiger partial charge on any atom is 0.120 e. The van der Waals surface area contributed by atoms with E-state index in [1.54, 1.807) is 18.4 Å². The first-order valence-electron chi connectivity index (χ1n) is 5.77. The van der Waals surface area contributed by atoms with Crippen LogP contribution in [-0.2, 0) is 0 Å². The van der Waals surface area contributed by atoms with Gasteiger partial charge in [0.25, 0.3) is 0 Å². The number of thiophene rings is 1. The maximum absolute atomic E-state index is 5.22. The van der Waals surface area contributed by atoms with E-state index in [1.165, 1.54) is 4.88 Å². The minimum atomic E-state index is 0.377. The molecule has 0 aliphatic rings. The van der Waals surface area contributed by atoms with Crippen LogP contribution in [0, 0.1) is 0 Å². The molecule has 0 spiro atoms. The highest BCUT2D eigenvalue weighted by atomic mass is 32.1. The first-order chi connectivity index (χ1) is 8.33. The fraction of sp³-hybridized carbons (Fsp3) is 0.286. The molecular formula is C14H17NOS. The molecule has 0 bridgehead atoms. The molecular weight excluding hydrogens is 230 g/mol. The Hall–Kier alpha value is -1.48. The van der Waals surface area contributed by atoms with Crippen molar-refractivity contribution in [2.24, 2.45) is 0 Å². The van der Waals surface area contributed by atoms with Crippen LogP contribution >= 0.6 is 11.3 Å². The number of anilines is 1. The summed E-state index contributed by atoms with van der Waals surface area (Å²) in [4.78, 5) is 1.37. The summed E-state index contributed by atoms with van der Waals surface area (Å²) in [7, 11) is 1.69. The lowest BCUT2D eigenvalue weighted by Gasteiger charge is -2.17. The van der Waals surface area contributed by atoms with Crippen molar-refractivity contribution in [1.82, 2.24) is 0 Å². The quantitative estimate of drug-likeness (QED) is 0.849. The monoisotopic (exact) mass is 247 g/mol. The number of hydrogen-bond donors (Lipinski definition) is 1. The number of hydrogen-bond acceptors (Lipinski definition) is 3. The zero-order valence-corrected chi connectivity index (χ0v) is 11.0. The summed E-state index contributed by atoms with van der Waals surface area (Å²) in [6.45, 7) is 2.19. The lowest BCUT2D eigenvalue weighted by atomic mass is 10.1. The second kappa shape index (κ2) is 5.73. The maximum atomic E-state index is 5.22. The zero-order chi connectivity index (χ0) is 12.1. The molecule has 90 valence electrons. The molecule has 1 unspecified atom stereocenters. The van der Waals surface area contributed by atoms with Gasteiger partial charge in [0.05, 0.1) is 13.2 Å². The van der Waals surface area contributed by atoms with E-state index in [2.05, 4.69) is 35.8 Å². The van der Waals surface area contributed by atoms with Crippen molar-refractivity contribution < 1.29 is 4.74 Å². The zero-order valence-electron chi connectivity index (χ0n) is 10.1. The Bertz CT molecular complexity index is 453. The van der Waals surface area contributed by atoms with E-state index in [-0.39, 0.29) is 0 Å². The van der Waals surface area contributed by atoms with Gasteiger partial charge in [-0.1, -0.05) is 19.1 Å². The lowest BCUT2D eigenvalue weighted by Crippen LogP contribution is -2.07. The normalized spacial score (nSPS) is 12.1. The average Bonchev–Trinajstić information content (AvgIpc) is 2.90. The summed E-state index contributed by atoms with van der Waals surface area (Å²) < 4.78 is 5.22. The third-order valence-electron chi connectivity index (χ3n) is 2.71. The molecule has 1 N–H and O–H groups in total. The van der Waals surface area contributed by atoms with Crippen LogP contribution in [0.25, 0.3) is 0 Å². The summed E-state index contributed by atoms with van der Waals surface area (Å²) in [5, 5.41) is 5.65. The van der Waals surface area contributed by atoms with E-state index in [1.807, 2.05) is 18.2 Å². The van der Waals surface area contributed by atoms with Gasteiger partial charge in [0, 0.05) is 16.6 Å². The van der Waals surface area contributed by atoms with E-state index >= 15 is 0 Å². The van der Waals surface area contributed by atoms with Gasteiger partial charge in [-0.25, -0.2) is 0 Å². The van der Waals surface area contributed by atoms with E-state index < -0.39 is 0 Å². The Morgan fingerprint density at radius 2 is 2.18 bits per heavy atom. The highest BCUT2D eigenvalue weighted by Gasteiger charge is 2.09. The van der Waals surface area contributed by atoms with Gasteiger partial charge in [0.2, 0.25) is 0 Å². The fourth-order valence-corrected chi connectivity index (χ4v) is 2.64. The molecule has 0 aliphatic carbocycles. The summed E-state index contributed by atoms with van der Waals surface area (Å²) in [6, 6.07) is 12.7. The largest absolute Gasteiger partial charge is 0.497 e. The first kappa shape index (κ1) is 12.0. The van der Waals surface area contributed by atoms with Gasteiger partial charge in [-0.15, -0.1) is 11.3 Å². The molecule has 17 heavy (non-hydrogen) atoms. The first-order valence-corrected chi connectivity index (χ1v) is 6.65. The third kappa shape index (κ3) is 3.01. The van der Waals surface area contributed by atoms with Crippen LogP contribution in [0.1, 0.15) is 24.3 Å². The molecule has 1 aromatic heterocycles. The highest BCUT2D eigenvalue weighted by Crippen LogP contribution is 2.27. The average molecular weight is 247 g/mol. The Morgan fingerprint density at radius 1 is 1.29 bits per heavy atom. The van der Waals surface area contributed by atoms with Crippen LogP contribution in [-0.4, -0.2) is 7.11 Å². The summed E-state index contributed by atoms with van der Waals surface area (Å²) in [5.74, 6) is 0.885. The number of benzene rings is 1. The Balaban J connectivity index is 2.13. The number of ether oxygens (including phenoxy) is 1. The second-order valence-corrected chi connectivity index (χ2v) is 4.83. The van der Waals surface area contributed by atoms with Crippen LogP contribution < -0.4 is 10.1 Å². The van der Waals surface area contributed by atoms with Crippen LogP contribution in [0.3, 0.4) is 0 Å². The van der Waals surface area contributed by atoms with Gasteiger partial charge in [0.1, 0.15) is 5.75 Å². The minimum absolute atomic E-state index is 0.377. The molecule has 1 heterocycles. The van der Waals surface area contributed by atoms with Crippen molar-refractivity contribution in [2.75, 3.05) is 12.4 Å². The van der Waals surface area contributed by atoms with Crippen molar-refractivity contribution in [3.63, 3.8) is 0 Å². The summed E-state index contributed by atoms with van der Waals surface area (Å²) in [5.41, 5.74) is 1.10. The standard InChI is InChI=1S/C14H17NOS/c1-3-13(14-8-5-9-17-14)15-11-6-4-7-12(10-11)16-2/h4-10,13,15H,3H2,1-2H3. The molecule has 0 amide bonds. The molecule has 3 heteroatoms. The van der Waals surface area contributed by atoms with Crippen molar-refractivity contribution >= 4 is 17.0 Å². The van der Waals surface area contributed by atoms with E-state index in [0.717, 1.165) is 17.9 Å². The van der Waals surface area contributed by atoms with E-state index in [0.29, 0.717) is 6.04 Å². The molecule has 0 aliphatic heterocycles. The van der Waals surface area contributed by atoms with Crippen LogP contribution in [0.4, 0.5) is 5.69 Å². The summed E-state index contributed by atoms with van der Waals surface area (Å²) >= 11 is 1.79. The highest BCUT2D eigenvalue weighted by molar-refractivity contribution is 7.10. The van der Waals surface area contributed by atoms with Crippen LogP contribution in [0.5, 0.6) is 5.75 Å². The fourth-order valence-electron chi connectivity index (χ4n) is 1.78. The van der Waals surface area contributed by atoms with Crippen molar-refractivity contribution in [3.8, 4) is 5.75 Å². The van der Waals surface area contributed by atoms with E-state index in [4.69, 9.17) is 4.74 Å². The molecule has 0 radical (unpaired) electrons. The van der Waals surface area contributed by atoms with Gasteiger partial charge in [-0.3, -0.25) is 0 Å². The van der Waals surface area contributed by atoms with Crippen LogP contribution in [0.15, 0.2) is 41.8 Å². The Kier molecular flexibility index (Phi) is 4.04. The lowest BCUT2D eigenvalue weighted by molar-refractivity contribution is 0.415. The number of nitrogens with one attached hydrogen (secondary N) is 1. The molecule has 2 aromatic rings. The predicted octanol–water partition coefficient (Wildman–Crippen LogP) is 4.32. The number of rotatable bonds is 5. The Labute approximate surface area is 106 Å². The topological polar surface area (TPSA) is 21.3 Å². The predicted molar refractivity (Wildman–Crippen MR) is 74.0 cm³/mol. The Morgan fingerprint density at radius 3 is 2.82 bits per heavy atom. The second-order valence-electron chi connectivity index (χ2n) is 3.85. The van der Waals surface area contributed by atoms with E-state index in [9.17, 15) is 0 Å². The van der Waals surface area contributed by atoms with Gasteiger partial charge < -0.3 is 10.1 Å². The molecule has 1 atom stereocenters. The molecule has 2 nitrogen and oxygen atoms in total. The molecule has 2 rings (SSSR count). The molecule has 0 saturated carbocycles. The van der Waals surface area contributed by atoms with Gasteiger partial charge >= 0.3 is 0 Å².